The fourth-order valence-corrected chi connectivity index (χ4v) is 6.65. The second kappa shape index (κ2) is 11.0. The number of carbonyl (C=O) groups is 1. The predicted molar refractivity (Wildman–Crippen MR) is 152 cm³/mol. The van der Waals surface area contributed by atoms with E-state index in [0.717, 1.165) is 36.3 Å². The number of aromatic nitrogens is 3. The lowest BCUT2D eigenvalue weighted by Gasteiger charge is -2.30. The molecule has 12 heteroatoms. The van der Waals surface area contributed by atoms with Crippen molar-refractivity contribution in [3.05, 3.63) is 64.7 Å². The number of amides is 1. The van der Waals surface area contributed by atoms with E-state index >= 15 is 0 Å². The van der Waals surface area contributed by atoms with Crippen molar-refractivity contribution in [2.45, 2.75) is 45.6 Å². The molecule has 4 aromatic rings. The van der Waals surface area contributed by atoms with Gasteiger partial charge in [0.05, 0.1) is 35.6 Å². The SMILES string of the molecule is CCc1nc2ccc(C3CCN(S(C)(=O)=O)CC3)cn2c1CNc1nc(-c2ccc(F)cc2NC(C)=O)cs1. The number of carbonyl (C=O) groups excluding carboxylic acids is 1. The van der Waals surface area contributed by atoms with E-state index < -0.39 is 15.8 Å². The number of piperidine rings is 1. The molecule has 0 aliphatic carbocycles. The molecule has 0 spiro atoms. The smallest absolute Gasteiger partial charge is 0.221 e. The summed E-state index contributed by atoms with van der Waals surface area (Å²) in [4.78, 5) is 21.1. The number of pyridine rings is 1. The Morgan fingerprint density at radius 2 is 1.95 bits per heavy atom. The van der Waals surface area contributed by atoms with E-state index in [2.05, 4.69) is 39.2 Å². The molecule has 206 valence electrons. The Morgan fingerprint density at radius 3 is 2.64 bits per heavy atom. The van der Waals surface area contributed by atoms with Crippen LogP contribution in [0.3, 0.4) is 0 Å². The van der Waals surface area contributed by atoms with E-state index in [-0.39, 0.29) is 11.8 Å². The first-order valence-electron chi connectivity index (χ1n) is 12.8. The Balaban J connectivity index is 1.36. The summed E-state index contributed by atoms with van der Waals surface area (Å²) in [5, 5.41) is 8.65. The van der Waals surface area contributed by atoms with Gasteiger partial charge >= 0.3 is 0 Å². The molecule has 5 rings (SSSR count). The molecule has 4 heterocycles. The number of nitrogens with one attached hydrogen (secondary N) is 2. The quantitative estimate of drug-likeness (QED) is 0.313. The molecular formula is C27H31FN6O3S2. The van der Waals surface area contributed by atoms with E-state index in [1.165, 1.54) is 42.2 Å². The zero-order chi connectivity index (χ0) is 27.7. The van der Waals surface area contributed by atoms with Crippen molar-refractivity contribution in [1.82, 2.24) is 18.7 Å². The fraction of sp³-hybridized carbons (Fsp3) is 0.370. The highest BCUT2D eigenvalue weighted by Crippen LogP contribution is 2.33. The Labute approximate surface area is 231 Å². The Morgan fingerprint density at radius 1 is 1.18 bits per heavy atom. The summed E-state index contributed by atoms with van der Waals surface area (Å²) in [5.74, 6) is -0.428. The fourth-order valence-electron chi connectivity index (χ4n) is 5.06. The van der Waals surface area contributed by atoms with Crippen molar-refractivity contribution in [1.29, 1.82) is 0 Å². The third-order valence-electron chi connectivity index (χ3n) is 7.03. The Bertz CT molecular complexity index is 1620. The predicted octanol–water partition coefficient (Wildman–Crippen LogP) is 4.87. The molecule has 1 aliphatic rings. The number of halogens is 1. The maximum Gasteiger partial charge on any atom is 0.221 e. The van der Waals surface area contributed by atoms with Gasteiger partial charge in [0.2, 0.25) is 15.9 Å². The average Bonchev–Trinajstić information content (AvgIpc) is 3.50. The van der Waals surface area contributed by atoms with Crippen LogP contribution in [-0.4, -0.2) is 52.3 Å². The number of hydrogen-bond acceptors (Lipinski definition) is 7. The summed E-state index contributed by atoms with van der Waals surface area (Å²) in [6.45, 7) is 5.03. The summed E-state index contributed by atoms with van der Waals surface area (Å²) in [5.41, 5.74) is 5.75. The monoisotopic (exact) mass is 570 g/mol. The zero-order valence-electron chi connectivity index (χ0n) is 22.1. The minimum absolute atomic E-state index is 0.282. The maximum atomic E-state index is 13.8. The van der Waals surface area contributed by atoms with E-state index in [1.807, 2.05) is 11.4 Å². The van der Waals surface area contributed by atoms with Gasteiger partial charge in [-0.2, -0.15) is 0 Å². The van der Waals surface area contributed by atoms with Crippen LogP contribution in [0, 0.1) is 5.82 Å². The first-order valence-corrected chi connectivity index (χ1v) is 15.6. The second-order valence-electron chi connectivity index (χ2n) is 9.75. The van der Waals surface area contributed by atoms with Gasteiger partial charge in [-0.05, 0) is 55.0 Å². The number of thiazole rings is 1. The lowest BCUT2D eigenvalue weighted by molar-refractivity contribution is -0.114. The molecule has 1 aromatic carbocycles. The van der Waals surface area contributed by atoms with Crippen LogP contribution < -0.4 is 10.6 Å². The molecule has 1 aliphatic heterocycles. The van der Waals surface area contributed by atoms with Crippen LogP contribution in [0.15, 0.2) is 41.9 Å². The first kappa shape index (κ1) is 27.2. The number of sulfonamides is 1. The van der Waals surface area contributed by atoms with E-state index in [0.29, 0.717) is 41.7 Å². The van der Waals surface area contributed by atoms with Crippen LogP contribution >= 0.6 is 11.3 Å². The van der Waals surface area contributed by atoms with Crippen LogP contribution in [0.5, 0.6) is 0 Å². The zero-order valence-corrected chi connectivity index (χ0v) is 23.7. The van der Waals surface area contributed by atoms with Crippen molar-refractivity contribution < 1.29 is 17.6 Å². The van der Waals surface area contributed by atoms with Crippen molar-refractivity contribution in [3.8, 4) is 11.3 Å². The van der Waals surface area contributed by atoms with Gasteiger partial charge in [0, 0.05) is 37.2 Å². The summed E-state index contributed by atoms with van der Waals surface area (Å²) in [6, 6.07) is 8.38. The number of benzene rings is 1. The molecule has 1 fully saturated rings. The summed E-state index contributed by atoms with van der Waals surface area (Å²) in [7, 11) is -3.16. The third kappa shape index (κ3) is 5.97. The number of rotatable bonds is 8. The van der Waals surface area contributed by atoms with E-state index in [4.69, 9.17) is 4.98 Å². The largest absolute Gasteiger partial charge is 0.356 e. The molecule has 0 radical (unpaired) electrons. The van der Waals surface area contributed by atoms with Gasteiger partial charge in [-0.25, -0.2) is 27.1 Å². The molecule has 1 amide bonds. The van der Waals surface area contributed by atoms with Crippen molar-refractivity contribution >= 4 is 43.7 Å². The molecule has 0 unspecified atom stereocenters. The van der Waals surface area contributed by atoms with Gasteiger partial charge in [-0.15, -0.1) is 11.3 Å². The molecule has 0 saturated carbocycles. The van der Waals surface area contributed by atoms with Crippen molar-refractivity contribution in [2.24, 2.45) is 0 Å². The van der Waals surface area contributed by atoms with Gasteiger partial charge in [0.1, 0.15) is 11.5 Å². The minimum Gasteiger partial charge on any atom is -0.356 e. The first-order chi connectivity index (χ1) is 18.6. The number of anilines is 2. The molecule has 1 saturated heterocycles. The minimum atomic E-state index is -3.16. The third-order valence-corrected chi connectivity index (χ3v) is 9.14. The normalized spacial score (nSPS) is 15.1. The Kier molecular flexibility index (Phi) is 7.70. The molecule has 39 heavy (non-hydrogen) atoms. The maximum absolute atomic E-state index is 13.8. The van der Waals surface area contributed by atoms with E-state index in [9.17, 15) is 17.6 Å². The highest BCUT2D eigenvalue weighted by molar-refractivity contribution is 7.88. The second-order valence-corrected chi connectivity index (χ2v) is 12.6. The Hall–Kier alpha value is -3.35. The van der Waals surface area contributed by atoms with Crippen molar-refractivity contribution in [3.63, 3.8) is 0 Å². The lowest BCUT2D eigenvalue weighted by Crippen LogP contribution is -2.37. The highest BCUT2D eigenvalue weighted by atomic mass is 32.2. The number of hydrogen-bond donors (Lipinski definition) is 2. The molecule has 9 nitrogen and oxygen atoms in total. The summed E-state index contributed by atoms with van der Waals surface area (Å²) < 4.78 is 41.3. The topological polar surface area (TPSA) is 109 Å². The number of nitrogens with zero attached hydrogens (tertiary/aromatic N) is 4. The van der Waals surface area contributed by atoms with Crippen LogP contribution in [0.2, 0.25) is 0 Å². The van der Waals surface area contributed by atoms with Gasteiger partial charge in [-0.1, -0.05) is 13.0 Å². The van der Waals surface area contributed by atoms with Gasteiger partial charge in [0.15, 0.2) is 5.13 Å². The highest BCUT2D eigenvalue weighted by Gasteiger charge is 2.26. The number of imidazole rings is 1. The standard InChI is InChI=1S/C27H31FN6O3S2/c1-4-22-25(14-29-27-32-24(16-38-27)21-7-6-20(28)13-23(21)30-17(2)35)34-15-19(5-8-26(34)31-22)18-9-11-33(12-10-18)39(3,36)37/h5-8,13,15-16,18H,4,9-12,14H2,1-3H3,(H,29,32)(H,30,35). The number of fused-ring (bicyclic) bond motifs is 1. The van der Waals surface area contributed by atoms with Crippen LogP contribution in [0.25, 0.3) is 16.9 Å². The lowest BCUT2D eigenvalue weighted by atomic mass is 9.91. The van der Waals surface area contributed by atoms with Gasteiger partial charge in [-0.3, -0.25) is 4.79 Å². The van der Waals surface area contributed by atoms with Crippen LogP contribution in [0.1, 0.15) is 49.6 Å². The summed E-state index contributed by atoms with van der Waals surface area (Å²) in [6.07, 6.45) is 5.74. The van der Waals surface area contributed by atoms with Gasteiger partial charge in [0.25, 0.3) is 0 Å². The molecule has 3 aromatic heterocycles. The molecular weight excluding hydrogens is 539 g/mol. The van der Waals surface area contributed by atoms with Crippen molar-refractivity contribution in [2.75, 3.05) is 30.0 Å². The summed E-state index contributed by atoms with van der Waals surface area (Å²) >= 11 is 1.43. The van der Waals surface area contributed by atoms with Crippen LogP contribution in [0.4, 0.5) is 15.2 Å². The molecule has 0 atom stereocenters. The number of aryl methyl sites for hydroxylation is 1. The average molecular weight is 571 g/mol. The molecule has 0 bridgehead atoms. The van der Waals surface area contributed by atoms with Gasteiger partial charge < -0.3 is 15.0 Å². The molecule has 2 N–H and O–H groups in total. The van der Waals surface area contributed by atoms with Crippen LogP contribution in [-0.2, 0) is 27.8 Å². The van der Waals surface area contributed by atoms with E-state index in [1.54, 1.807) is 10.4 Å².